The van der Waals surface area contributed by atoms with Gasteiger partial charge in [0.05, 0.1) is 31.8 Å². The lowest BCUT2D eigenvalue weighted by Gasteiger charge is -2.42. The maximum Gasteiger partial charge on any atom is 0.308 e. The number of carbonyl (C=O) groups excluding carboxylic acids is 1. The summed E-state index contributed by atoms with van der Waals surface area (Å²) in [5.74, 6) is -1.33. The first-order chi connectivity index (χ1) is 11.0. The van der Waals surface area contributed by atoms with Crippen molar-refractivity contribution in [1.29, 1.82) is 0 Å². The molecule has 3 unspecified atom stereocenters. The van der Waals surface area contributed by atoms with E-state index in [2.05, 4.69) is 0 Å². The molecular formula is C17H30O6. The van der Waals surface area contributed by atoms with E-state index >= 15 is 0 Å². The maximum atomic E-state index is 11.5. The summed E-state index contributed by atoms with van der Waals surface area (Å²) in [6.45, 7) is 1.91. The largest absolute Gasteiger partial charge is 0.469 e. The van der Waals surface area contributed by atoms with Crippen molar-refractivity contribution in [3.05, 3.63) is 0 Å². The molecule has 0 spiro atoms. The van der Waals surface area contributed by atoms with Gasteiger partial charge in [0.15, 0.2) is 5.79 Å². The molecule has 4 atom stereocenters. The number of ether oxygens (including phenoxy) is 4. The van der Waals surface area contributed by atoms with Crippen molar-refractivity contribution in [2.75, 3.05) is 14.2 Å². The Balaban J connectivity index is 1.96. The van der Waals surface area contributed by atoms with Crippen molar-refractivity contribution >= 4 is 5.97 Å². The third-order valence-corrected chi connectivity index (χ3v) is 4.92. The summed E-state index contributed by atoms with van der Waals surface area (Å²) in [6.07, 6.45) is 5.33. The van der Waals surface area contributed by atoms with Gasteiger partial charge in [-0.15, -0.1) is 0 Å². The van der Waals surface area contributed by atoms with Gasteiger partial charge in [-0.1, -0.05) is 6.42 Å². The van der Waals surface area contributed by atoms with Crippen LogP contribution >= 0.6 is 0 Å². The molecule has 6 nitrogen and oxygen atoms in total. The number of rotatable bonds is 6. The zero-order valence-electron chi connectivity index (χ0n) is 14.5. The molecule has 0 amide bonds. The van der Waals surface area contributed by atoms with Crippen molar-refractivity contribution in [3.63, 3.8) is 0 Å². The Morgan fingerprint density at radius 1 is 1.26 bits per heavy atom. The molecule has 1 saturated carbocycles. The number of hydrogen-bond donors (Lipinski definition) is 1. The van der Waals surface area contributed by atoms with E-state index < -0.39 is 5.79 Å². The van der Waals surface area contributed by atoms with E-state index in [0.29, 0.717) is 12.8 Å². The minimum absolute atomic E-state index is 0.0916. The quantitative estimate of drug-likeness (QED) is 0.594. The summed E-state index contributed by atoms with van der Waals surface area (Å²) in [7, 11) is 3.04. The molecule has 23 heavy (non-hydrogen) atoms. The molecule has 0 aromatic heterocycles. The predicted octanol–water partition coefficient (Wildman–Crippen LogP) is 2.17. The van der Waals surface area contributed by atoms with E-state index in [1.165, 1.54) is 7.11 Å². The first kappa shape index (κ1) is 18.6. The second-order valence-corrected chi connectivity index (χ2v) is 6.68. The lowest BCUT2D eigenvalue weighted by molar-refractivity contribution is -0.278. The van der Waals surface area contributed by atoms with Crippen LogP contribution in [0.5, 0.6) is 0 Å². The molecule has 2 fully saturated rings. The minimum Gasteiger partial charge on any atom is -0.469 e. The zero-order chi connectivity index (χ0) is 16.9. The second-order valence-electron chi connectivity index (χ2n) is 6.68. The molecule has 0 aromatic rings. The van der Waals surface area contributed by atoms with Crippen molar-refractivity contribution in [1.82, 2.24) is 0 Å². The molecule has 6 heteroatoms. The van der Waals surface area contributed by atoms with Gasteiger partial charge >= 0.3 is 5.97 Å². The standard InChI is InChI=1S/C17H30O6/c1-12(23-17(19)9-5-4-6-10-17)16-14(20-2)8-7-13(22-16)11-15(18)21-3/h12-14,16,19H,4-11H2,1-3H3/t12?,13?,14?,16-/m1/s1. The van der Waals surface area contributed by atoms with E-state index in [4.69, 9.17) is 18.9 Å². The summed E-state index contributed by atoms with van der Waals surface area (Å²) in [6, 6.07) is 0. The van der Waals surface area contributed by atoms with Crippen LogP contribution in [-0.2, 0) is 23.7 Å². The van der Waals surface area contributed by atoms with E-state index in [-0.39, 0.29) is 36.8 Å². The molecule has 0 aromatic carbocycles. The number of methoxy groups -OCH3 is 2. The van der Waals surface area contributed by atoms with Crippen LogP contribution in [0.3, 0.4) is 0 Å². The normalized spacial score (nSPS) is 32.3. The average molecular weight is 330 g/mol. The summed E-state index contributed by atoms with van der Waals surface area (Å²) in [5.41, 5.74) is 0. The van der Waals surface area contributed by atoms with E-state index in [0.717, 1.165) is 32.1 Å². The molecule has 1 aliphatic carbocycles. The second kappa shape index (κ2) is 8.42. The molecule has 1 N–H and O–H groups in total. The lowest BCUT2D eigenvalue weighted by Crippen LogP contribution is -2.50. The number of aliphatic hydroxyl groups is 1. The van der Waals surface area contributed by atoms with Gasteiger partial charge in [0.2, 0.25) is 0 Å². The van der Waals surface area contributed by atoms with Crippen LogP contribution < -0.4 is 0 Å². The van der Waals surface area contributed by atoms with Gasteiger partial charge in [0, 0.05) is 20.0 Å². The first-order valence-electron chi connectivity index (χ1n) is 8.62. The molecule has 134 valence electrons. The summed E-state index contributed by atoms with van der Waals surface area (Å²) >= 11 is 0. The minimum atomic E-state index is -1.06. The highest BCUT2D eigenvalue weighted by Crippen LogP contribution is 2.33. The van der Waals surface area contributed by atoms with Crippen LogP contribution in [0.4, 0.5) is 0 Å². The fourth-order valence-electron chi connectivity index (χ4n) is 3.61. The predicted molar refractivity (Wildman–Crippen MR) is 83.9 cm³/mol. The monoisotopic (exact) mass is 330 g/mol. The highest BCUT2D eigenvalue weighted by molar-refractivity contribution is 5.69. The maximum absolute atomic E-state index is 11.5. The van der Waals surface area contributed by atoms with Crippen LogP contribution in [0, 0.1) is 0 Å². The van der Waals surface area contributed by atoms with Crippen LogP contribution in [0.15, 0.2) is 0 Å². The van der Waals surface area contributed by atoms with E-state index in [1.807, 2.05) is 6.92 Å². The summed E-state index contributed by atoms with van der Waals surface area (Å²) < 4.78 is 22.3. The molecule has 2 aliphatic rings. The van der Waals surface area contributed by atoms with Crippen LogP contribution in [0.2, 0.25) is 0 Å². The Labute approximate surface area is 138 Å². The van der Waals surface area contributed by atoms with Gasteiger partial charge in [0.25, 0.3) is 0 Å². The van der Waals surface area contributed by atoms with E-state index in [1.54, 1.807) is 7.11 Å². The van der Waals surface area contributed by atoms with Crippen molar-refractivity contribution < 1.29 is 28.8 Å². The number of esters is 1. The van der Waals surface area contributed by atoms with Crippen molar-refractivity contribution in [3.8, 4) is 0 Å². The van der Waals surface area contributed by atoms with Gasteiger partial charge in [-0.3, -0.25) is 4.79 Å². The topological polar surface area (TPSA) is 74.2 Å². The van der Waals surface area contributed by atoms with Gasteiger partial charge < -0.3 is 24.1 Å². The molecule has 2 rings (SSSR count). The molecule has 1 saturated heterocycles. The van der Waals surface area contributed by atoms with E-state index in [9.17, 15) is 9.90 Å². The first-order valence-corrected chi connectivity index (χ1v) is 8.62. The molecule has 1 aliphatic heterocycles. The fourth-order valence-corrected chi connectivity index (χ4v) is 3.61. The van der Waals surface area contributed by atoms with Crippen LogP contribution in [0.25, 0.3) is 0 Å². The molecular weight excluding hydrogens is 300 g/mol. The van der Waals surface area contributed by atoms with Crippen molar-refractivity contribution in [2.45, 2.75) is 88.5 Å². The Morgan fingerprint density at radius 3 is 2.57 bits per heavy atom. The highest BCUT2D eigenvalue weighted by atomic mass is 16.6. The van der Waals surface area contributed by atoms with Gasteiger partial charge in [-0.25, -0.2) is 0 Å². The lowest BCUT2D eigenvalue weighted by atomic mass is 9.93. The van der Waals surface area contributed by atoms with Crippen molar-refractivity contribution in [2.24, 2.45) is 0 Å². The zero-order valence-corrected chi connectivity index (χ0v) is 14.5. The Hall–Kier alpha value is -0.690. The summed E-state index contributed by atoms with van der Waals surface area (Å²) in [4.78, 5) is 11.5. The summed E-state index contributed by atoms with van der Waals surface area (Å²) in [5, 5.41) is 10.6. The average Bonchev–Trinajstić information content (AvgIpc) is 2.54. The number of hydrogen-bond acceptors (Lipinski definition) is 6. The molecule has 0 bridgehead atoms. The van der Waals surface area contributed by atoms with Gasteiger partial charge in [0.1, 0.15) is 6.10 Å². The third-order valence-electron chi connectivity index (χ3n) is 4.92. The Bertz CT molecular complexity index is 379. The van der Waals surface area contributed by atoms with Gasteiger partial charge in [-0.05, 0) is 32.6 Å². The van der Waals surface area contributed by atoms with Crippen LogP contribution in [0.1, 0.15) is 58.3 Å². The van der Waals surface area contributed by atoms with Gasteiger partial charge in [-0.2, -0.15) is 0 Å². The Morgan fingerprint density at radius 2 is 1.96 bits per heavy atom. The SMILES string of the molecule is COC(=O)CC1CCC(OC)[C@@H](C(C)OC2(O)CCCCC2)O1. The third kappa shape index (κ3) is 5.14. The fraction of sp³-hybridized carbons (Fsp3) is 0.941. The van der Waals surface area contributed by atoms with Crippen LogP contribution in [-0.4, -0.2) is 55.5 Å². The Kier molecular flexibility index (Phi) is 6.83. The molecule has 1 heterocycles. The number of carbonyl (C=O) groups is 1. The molecule has 0 radical (unpaired) electrons. The smallest absolute Gasteiger partial charge is 0.308 e. The highest BCUT2D eigenvalue weighted by Gasteiger charge is 2.40.